The molecule has 56 heavy (non-hydrogen) atoms. The Balaban J connectivity index is 0.00000106. The molecule has 1 N–H and O–H groups in total. The molecule has 4 rings (SSSR count). The van der Waals surface area contributed by atoms with Crippen molar-refractivity contribution < 1.29 is 55.6 Å². The minimum atomic E-state index is -0.740. The third kappa shape index (κ3) is 16.4. The lowest BCUT2D eigenvalue weighted by atomic mass is 10.2. The van der Waals surface area contributed by atoms with E-state index in [9.17, 15) is 31.9 Å². The topological polar surface area (TPSA) is 113 Å². The molecule has 0 atom stereocenters. The van der Waals surface area contributed by atoms with Gasteiger partial charge in [-0.05, 0) is 69.3 Å². The molecule has 14 heteroatoms. The van der Waals surface area contributed by atoms with E-state index < -0.39 is 41.1 Å². The van der Waals surface area contributed by atoms with E-state index in [2.05, 4.69) is 14.8 Å². The fourth-order valence-electron chi connectivity index (χ4n) is 4.48. The predicted octanol–water partition coefficient (Wildman–Crippen LogP) is 9.40. The minimum Gasteiger partial charge on any atom is -0.489 e. The first-order valence-electron chi connectivity index (χ1n) is 16.4. The predicted molar refractivity (Wildman–Crippen MR) is 208 cm³/mol. The van der Waals surface area contributed by atoms with Gasteiger partial charge in [0.1, 0.15) is 30.4 Å². The molecule has 1 amide bonds. The van der Waals surface area contributed by atoms with Gasteiger partial charge in [-0.15, -0.1) is 0 Å². The van der Waals surface area contributed by atoms with Crippen molar-refractivity contribution in [3.8, 4) is 11.5 Å². The van der Waals surface area contributed by atoms with Gasteiger partial charge in [0.15, 0.2) is 23.1 Å². The van der Waals surface area contributed by atoms with Crippen LogP contribution in [0.5, 0.6) is 11.5 Å². The second-order valence-electron chi connectivity index (χ2n) is 12.2. The lowest BCUT2D eigenvalue weighted by molar-refractivity contribution is 0.0206. The summed E-state index contributed by atoms with van der Waals surface area (Å²) in [6.07, 6.45) is -0.643. The van der Waals surface area contributed by atoms with Crippen LogP contribution in [0, 0.1) is 23.3 Å². The van der Waals surface area contributed by atoms with Crippen molar-refractivity contribution in [3.63, 3.8) is 0 Å². The van der Waals surface area contributed by atoms with Crippen molar-refractivity contribution in [2.75, 3.05) is 40.5 Å². The van der Waals surface area contributed by atoms with E-state index in [1.54, 1.807) is 57.2 Å². The number of hydrogen-bond acceptors (Lipinski definition) is 9. The summed E-state index contributed by atoms with van der Waals surface area (Å²) in [7, 11) is 2.43. The van der Waals surface area contributed by atoms with Gasteiger partial charge < -0.3 is 33.9 Å². The van der Waals surface area contributed by atoms with Gasteiger partial charge in [-0.2, -0.15) is 0 Å². The zero-order valence-corrected chi connectivity index (χ0v) is 30.1. The summed E-state index contributed by atoms with van der Waals surface area (Å²) in [5.41, 5.74) is 0.312. The fourth-order valence-corrected chi connectivity index (χ4v) is 4.48. The van der Waals surface area contributed by atoms with E-state index in [4.69, 9.17) is 14.2 Å². The fraction of sp³-hybridized carbons (Fsp3) is 0.357. The average molecular weight is 791 g/mol. The summed E-state index contributed by atoms with van der Waals surface area (Å²) < 4.78 is 80.5. The van der Waals surface area contributed by atoms with E-state index in [0.717, 1.165) is 12.1 Å². The molecule has 10 nitrogen and oxygen atoms in total. The zero-order chi connectivity index (χ0) is 39.0. The molecule has 0 saturated heterocycles. The highest BCUT2D eigenvalue weighted by molar-refractivity contribution is 5.90. The van der Waals surface area contributed by atoms with E-state index in [-0.39, 0.29) is 77.0 Å². The second-order valence-corrected chi connectivity index (χ2v) is 12.2. The highest BCUT2D eigenvalue weighted by Gasteiger charge is 2.23. The van der Waals surface area contributed by atoms with Crippen molar-refractivity contribution in [1.82, 2.24) is 10.2 Å². The van der Waals surface area contributed by atoms with Gasteiger partial charge in [0.2, 0.25) is 0 Å². The first kappa shape index (κ1) is 50.4. The zero-order valence-electron chi connectivity index (χ0n) is 30.1. The number of hydrogen-bond donors (Lipinski definition) is 1. The lowest BCUT2D eigenvalue weighted by Crippen LogP contribution is -2.38. The maximum atomic E-state index is 14.2. The number of amides is 1. The summed E-state index contributed by atoms with van der Waals surface area (Å²) >= 11 is 0. The molecular formula is C42H54F4N2O8. The number of ether oxygens (including phenoxy) is 5. The van der Waals surface area contributed by atoms with Gasteiger partial charge in [-0.3, -0.25) is 0 Å². The summed E-state index contributed by atoms with van der Waals surface area (Å²) in [6.45, 7) is 6.09. The smallest absolute Gasteiger partial charge is 0.410 e. The number of esters is 2. The Hall–Kier alpha value is -5.63. The quantitative estimate of drug-likeness (QED) is 0.0578. The standard InChI is InChI=1S/C22H25F2NO5.C17H17F2NO3.3CH4/c1-22(2,3)30-21(27)25(14-16-7-5-6-8-17(16)23)11-12-29-19-10-9-15(13-18(19)24)20(26)28-4;1-22-17(21)12-6-7-16(15(19)10-12)23-9-8-20-11-13-4-2-3-5-14(13)18;;;/h5-10,13H,11-12,14H2,1-4H3;2-7,10,20H,8-9,11H2,1H3;3*1H4. The average Bonchev–Trinajstić information content (AvgIpc) is 3.12. The van der Waals surface area contributed by atoms with Crippen LogP contribution in [0.1, 0.15) is 74.9 Å². The number of nitrogens with zero attached hydrogens (tertiary/aromatic N) is 1. The van der Waals surface area contributed by atoms with Crippen molar-refractivity contribution in [2.45, 2.75) is 61.7 Å². The van der Waals surface area contributed by atoms with E-state index in [0.29, 0.717) is 24.2 Å². The van der Waals surface area contributed by atoms with E-state index in [1.165, 1.54) is 55.5 Å². The maximum Gasteiger partial charge on any atom is 0.410 e. The number of nitrogens with one attached hydrogen (secondary N) is 1. The highest BCUT2D eigenvalue weighted by Crippen LogP contribution is 2.21. The van der Waals surface area contributed by atoms with Crippen molar-refractivity contribution in [3.05, 3.63) is 130 Å². The number of methoxy groups -OCH3 is 2. The number of benzene rings is 4. The Morgan fingerprint density at radius 2 is 1.11 bits per heavy atom. The Morgan fingerprint density at radius 1 is 0.643 bits per heavy atom. The van der Waals surface area contributed by atoms with Crippen LogP contribution >= 0.6 is 0 Å². The highest BCUT2D eigenvalue weighted by atomic mass is 19.1. The van der Waals surface area contributed by atoms with Crippen LogP contribution < -0.4 is 14.8 Å². The van der Waals surface area contributed by atoms with Gasteiger partial charge in [0, 0.05) is 24.2 Å². The molecule has 0 aliphatic carbocycles. The SMILES string of the molecule is C.C.C.COC(=O)c1ccc(OCCN(Cc2ccccc2F)C(=O)OC(C)(C)C)c(F)c1.COC(=O)c1ccc(OCCNCc2ccccc2F)c(F)c1. The lowest BCUT2D eigenvalue weighted by Gasteiger charge is -2.27. The summed E-state index contributed by atoms with van der Waals surface area (Å²) in [5.74, 6) is -3.41. The summed E-state index contributed by atoms with van der Waals surface area (Å²) in [6, 6.07) is 20.1. The largest absolute Gasteiger partial charge is 0.489 e. The van der Waals surface area contributed by atoms with Crippen molar-refractivity contribution in [2.24, 2.45) is 0 Å². The van der Waals surface area contributed by atoms with E-state index >= 15 is 0 Å². The van der Waals surface area contributed by atoms with Gasteiger partial charge in [0.05, 0.1) is 38.4 Å². The van der Waals surface area contributed by atoms with Gasteiger partial charge in [-0.25, -0.2) is 31.9 Å². The monoisotopic (exact) mass is 790 g/mol. The molecule has 0 aliphatic rings. The summed E-state index contributed by atoms with van der Waals surface area (Å²) in [4.78, 5) is 36.5. The molecule has 0 bridgehead atoms. The third-order valence-electron chi connectivity index (χ3n) is 7.11. The van der Waals surface area contributed by atoms with Crippen LogP contribution in [-0.2, 0) is 27.3 Å². The van der Waals surface area contributed by atoms with Crippen molar-refractivity contribution in [1.29, 1.82) is 0 Å². The molecule has 0 radical (unpaired) electrons. The molecule has 0 heterocycles. The number of rotatable bonds is 14. The molecule has 4 aromatic rings. The maximum absolute atomic E-state index is 14.2. The third-order valence-corrected chi connectivity index (χ3v) is 7.11. The molecule has 0 aliphatic heterocycles. The van der Waals surface area contributed by atoms with Crippen LogP contribution in [-0.4, -0.2) is 69.1 Å². The molecule has 0 unspecified atom stereocenters. The first-order valence-corrected chi connectivity index (χ1v) is 16.4. The van der Waals surface area contributed by atoms with Crippen LogP contribution in [0.3, 0.4) is 0 Å². The Labute approximate surface area is 327 Å². The molecule has 0 fully saturated rings. The first-order chi connectivity index (χ1) is 25.2. The van der Waals surface area contributed by atoms with E-state index in [1.807, 2.05) is 0 Å². The van der Waals surface area contributed by atoms with Crippen molar-refractivity contribution >= 4 is 18.0 Å². The van der Waals surface area contributed by atoms with Gasteiger partial charge >= 0.3 is 18.0 Å². The Kier molecular flexibility index (Phi) is 22.2. The van der Waals surface area contributed by atoms with Crippen LogP contribution in [0.15, 0.2) is 84.9 Å². The minimum absolute atomic E-state index is 0. The molecule has 0 spiro atoms. The Bertz CT molecular complexity index is 1830. The van der Waals surface area contributed by atoms with Gasteiger partial charge in [0.25, 0.3) is 0 Å². The molecule has 0 aromatic heterocycles. The molecular weight excluding hydrogens is 736 g/mol. The molecule has 4 aromatic carbocycles. The number of halogens is 4. The van der Waals surface area contributed by atoms with Crippen LogP contribution in [0.4, 0.5) is 22.4 Å². The molecule has 308 valence electrons. The number of carbonyl (C=O) groups is 3. The summed E-state index contributed by atoms with van der Waals surface area (Å²) in [5, 5.41) is 3.01. The number of carbonyl (C=O) groups excluding carboxylic acids is 3. The second kappa shape index (κ2) is 24.7. The normalized spacial score (nSPS) is 10.2. The van der Waals surface area contributed by atoms with Crippen LogP contribution in [0.2, 0.25) is 0 Å². The molecule has 0 saturated carbocycles. The van der Waals surface area contributed by atoms with Gasteiger partial charge in [-0.1, -0.05) is 58.7 Å². The van der Waals surface area contributed by atoms with Crippen LogP contribution in [0.25, 0.3) is 0 Å². The Morgan fingerprint density at radius 3 is 1.55 bits per heavy atom.